The molecule has 6 heteroatoms. The van der Waals surface area contributed by atoms with Gasteiger partial charge in [-0.1, -0.05) is 46.8 Å². The van der Waals surface area contributed by atoms with Crippen LogP contribution in [0.4, 0.5) is 4.39 Å². The molecule has 1 amide bonds. The molecule has 5 nitrogen and oxygen atoms in total. The summed E-state index contributed by atoms with van der Waals surface area (Å²) in [6.45, 7) is 12.3. The SMILES string of the molecule is CC1(C)CCCN(C(=O)[C@@H]2C[C@H](c3ccnc(C(C)(C)C)n3)[C@H](c3cccc(F)c3)N2)C1. The van der Waals surface area contributed by atoms with Gasteiger partial charge in [-0.15, -0.1) is 0 Å². The van der Waals surface area contributed by atoms with Crippen LogP contribution in [-0.2, 0) is 10.2 Å². The van der Waals surface area contributed by atoms with E-state index in [1.165, 1.54) is 6.07 Å². The highest BCUT2D eigenvalue weighted by molar-refractivity contribution is 5.82. The van der Waals surface area contributed by atoms with Crippen molar-refractivity contribution < 1.29 is 9.18 Å². The van der Waals surface area contributed by atoms with Gasteiger partial charge in [0.05, 0.1) is 6.04 Å². The molecule has 2 saturated heterocycles. The number of amides is 1. The van der Waals surface area contributed by atoms with E-state index in [1.807, 2.05) is 17.0 Å². The molecule has 0 saturated carbocycles. The summed E-state index contributed by atoms with van der Waals surface area (Å²) < 4.78 is 14.1. The van der Waals surface area contributed by atoms with Gasteiger partial charge < -0.3 is 4.90 Å². The maximum Gasteiger partial charge on any atom is 0.239 e. The molecule has 3 atom stereocenters. The molecule has 4 rings (SSSR count). The summed E-state index contributed by atoms with van der Waals surface area (Å²) in [6, 6.07) is 8.12. The second kappa shape index (κ2) is 8.54. The first kappa shape index (κ1) is 22.8. The maximum atomic E-state index is 14.1. The van der Waals surface area contributed by atoms with Crippen molar-refractivity contribution in [3.63, 3.8) is 0 Å². The molecular formula is C26H35FN4O. The van der Waals surface area contributed by atoms with Gasteiger partial charge in [0, 0.05) is 42.4 Å². The average molecular weight is 439 g/mol. The van der Waals surface area contributed by atoms with Crippen molar-refractivity contribution in [1.82, 2.24) is 20.2 Å². The Morgan fingerprint density at radius 1 is 1.25 bits per heavy atom. The summed E-state index contributed by atoms with van der Waals surface area (Å²) in [7, 11) is 0. The number of rotatable bonds is 3. The highest BCUT2D eigenvalue weighted by atomic mass is 19.1. The summed E-state index contributed by atoms with van der Waals surface area (Å²) in [5.41, 5.74) is 1.72. The van der Waals surface area contributed by atoms with Gasteiger partial charge in [0.15, 0.2) is 0 Å². The molecular weight excluding hydrogens is 403 g/mol. The molecule has 32 heavy (non-hydrogen) atoms. The van der Waals surface area contributed by atoms with Crippen molar-refractivity contribution in [3.05, 3.63) is 59.4 Å². The summed E-state index contributed by atoms with van der Waals surface area (Å²) in [4.78, 5) is 24.9. The van der Waals surface area contributed by atoms with E-state index in [1.54, 1.807) is 18.3 Å². The lowest BCUT2D eigenvalue weighted by Gasteiger charge is -2.39. The molecule has 0 spiro atoms. The van der Waals surface area contributed by atoms with E-state index in [9.17, 15) is 9.18 Å². The Morgan fingerprint density at radius 2 is 2.03 bits per heavy atom. The fraction of sp³-hybridized carbons (Fsp3) is 0.577. The Labute approximate surface area is 190 Å². The number of piperidine rings is 1. The van der Waals surface area contributed by atoms with Crippen molar-refractivity contribution in [2.75, 3.05) is 13.1 Å². The highest BCUT2D eigenvalue weighted by Crippen LogP contribution is 2.41. The Kier molecular flexibility index (Phi) is 6.10. The minimum absolute atomic E-state index is 0.0346. The Bertz CT molecular complexity index is 984. The number of likely N-dealkylation sites (tertiary alicyclic amines) is 1. The van der Waals surface area contributed by atoms with E-state index in [0.717, 1.165) is 43.0 Å². The number of carbonyl (C=O) groups is 1. The topological polar surface area (TPSA) is 58.1 Å². The van der Waals surface area contributed by atoms with Gasteiger partial charge in [-0.2, -0.15) is 0 Å². The molecule has 2 aliphatic heterocycles. The average Bonchev–Trinajstić information content (AvgIpc) is 3.17. The summed E-state index contributed by atoms with van der Waals surface area (Å²) >= 11 is 0. The van der Waals surface area contributed by atoms with E-state index in [-0.39, 0.29) is 40.6 Å². The van der Waals surface area contributed by atoms with Crippen LogP contribution >= 0.6 is 0 Å². The summed E-state index contributed by atoms with van der Waals surface area (Å²) in [6.07, 6.45) is 4.61. The molecule has 0 aliphatic carbocycles. The van der Waals surface area contributed by atoms with Gasteiger partial charge in [-0.25, -0.2) is 14.4 Å². The zero-order valence-corrected chi connectivity index (χ0v) is 19.9. The lowest BCUT2D eigenvalue weighted by molar-refractivity contribution is -0.136. The van der Waals surface area contributed by atoms with E-state index in [4.69, 9.17) is 4.98 Å². The molecule has 1 aromatic carbocycles. The number of hydrogen-bond donors (Lipinski definition) is 1. The molecule has 1 N–H and O–H groups in total. The zero-order chi connectivity index (χ0) is 23.1. The molecule has 172 valence electrons. The van der Waals surface area contributed by atoms with Crippen LogP contribution in [0.25, 0.3) is 0 Å². The second-order valence-corrected chi connectivity index (χ2v) is 11.2. The zero-order valence-electron chi connectivity index (χ0n) is 19.9. The van der Waals surface area contributed by atoms with E-state index in [2.05, 4.69) is 44.9 Å². The van der Waals surface area contributed by atoms with E-state index >= 15 is 0 Å². The van der Waals surface area contributed by atoms with Crippen molar-refractivity contribution in [3.8, 4) is 0 Å². The molecule has 3 heterocycles. The first-order valence-corrected chi connectivity index (χ1v) is 11.7. The van der Waals surface area contributed by atoms with Crippen LogP contribution in [-0.4, -0.2) is 39.9 Å². The van der Waals surface area contributed by atoms with Gasteiger partial charge in [0.2, 0.25) is 5.91 Å². The lowest BCUT2D eigenvalue weighted by atomic mass is 9.84. The van der Waals surface area contributed by atoms with Crippen molar-refractivity contribution in [2.45, 2.75) is 77.3 Å². The van der Waals surface area contributed by atoms with Crippen LogP contribution in [0.5, 0.6) is 0 Å². The summed E-state index contributed by atoms with van der Waals surface area (Å²) in [5, 5.41) is 3.55. The quantitative estimate of drug-likeness (QED) is 0.751. The Morgan fingerprint density at radius 3 is 2.72 bits per heavy atom. The van der Waals surface area contributed by atoms with Crippen molar-refractivity contribution >= 4 is 5.91 Å². The van der Waals surface area contributed by atoms with Crippen LogP contribution < -0.4 is 5.32 Å². The number of hydrogen-bond acceptors (Lipinski definition) is 4. The molecule has 1 aromatic heterocycles. The normalized spacial score (nSPS) is 25.7. The van der Waals surface area contributed by atoms with Crippen LogP contribution in [0.2, 0.25) is 0 Å². The molecule has 2 aromatic rings. The third kappa shape index (κ3) is 4.85. The number of aromatic nitrogens is 2. The van der Waals surface area contributed by atoms with Gasteiger partial charge in [-0.05, 0) is 48.4 Å². The van der Waals surface area contributed by atoms with Gasteiger partial charge >= 0.3 is 0 Å². The standard InChI is InChI=1S/C26H35FN4O/c1-25(2,3)24-28-12-10-20(30-24)19-15-21(23(32)31-13-7-11-26(4,5)16-31)29-22(19)17-8-6-9-18(27)14-17/h6,8-10,12,14,19,21-22,29H,7,11,13,15-16H2,1-5H3/t19-,21+,22+/m1/s1. The van der Waals surface area contributed by atoms with Crippen LogP contribution in [0.15, 0.2) is 36.5 Å². The Hall–Kier alpha value is -2.34. The van der Waals surface area contributed by atoms with E-state index < -0.39 is 0 Å². The third-order valence-corrected chi connectivity index (χ3v) is 6.72. The number of benzene rings is 1. The molecule has 2 aliphatic rings. The first-order chi connectivity index (χ1) is 15.0. The predicted octanol–water partition coefficient (Wildman–Crippen LogP) is 4.75. The highest BCUT2D eigenvalue weighted by Gasteiger charge is 2.42. The lowest BCUT2D eigenvalue weighted by Crippen LogP contribution is -2.50. The fourth-order valence-corrected chi connectivity index (χ4v) is 5.06. The number of nitrogens with one attached hydrogen (secondary N) is 1. The van der Waals surface area contributed by atoms with Crippen LogP contribution in [0.3, 0.4) is 0 Å². The van der Waals surface area contributed by atoms with Crippen molar-refractivity contribution in [2.24, 2.45) is 5.41 Å². The molecule has 0 unspecified atom stereocenters. The third-order valence-electron chi connectivity index (χ3n) is 6.72. The first-order valence-electron chi connectivity index (χ1n) is 11.7. The Balaban J connectivity index is 1.65. The number of carbonyl (C=O) groups excluding carboxylic acids is 1. The monoisotopic (exact) mass is 438 g/mol. The van der Waals surface area contributed by atoms with Crippen LogP contribution in [0, 0.1) is 11.2 Å². The van der Waals surface area contributed by atoms with Gasteiger partial charge in [-0.3, -0.25) is 10.1 Å². The smallest absolute Gasteiger partial charge is 0.239 e. The molecule has 2 fully saturated rings. The second-order valence-electron chi connectivity index (χ2n) is 11.2. The maximum absolute atomic E-state index is 14.1. The molecule has 0 bridgehead atoms. The minimum Gasteiger partial charge on any atom is -0.341 e. The van der Waals surface area contributed by atoms with Gasteiger partial charge in [0.25, 0.3) is 0 Å². The predicted molar refractivity (Wildman–Crippen MR) is 124 cm³/mol. The minimum atomic E-state index is -0.310. The largest absolute Gasteiger partial charge is 0.341 e. The number of nitrogens with zero attached hydrogens (tertiary/aromatic N) is 3. The van der Waals surface area contributed by atoms with Crippen molar-refractivity contribution in [1.29, 1.82) is 0 Å². The summed E-state index contributed by atoms with van der Waals surface area (Å²) in [5.74, 6) is 0.619. The van der Waals surface area contributed by atoms with E-state index in [0.29, 0.717) is 6.42 Å². The van der Waals surface area contributed by atoms with Gasteiger partial charge in [0.1, 0.15) is 11.6 Å². The number of halogens is 1. The molecule has 0 radical (unpaired) electrons. The fourth-order valence-electron chi connectivity index (χ4n) is 5.06. The van der Waals surface area contributed by atoms with Crippen LogP contribution in [0.1, 0.15) is 82.9 Å².